The van der Waals surface area contributed by atoms with Crippen molar-refractivity contribution < 1.29 is 4.79 Å². The number of nitrogens with one attached hydrogen (secondary N) is 1. The molecule has 1 aromatic heterocycles. The van der Waals surface area contributed by atoms with Gasteiger partial charge in [-0.2, -0.15) is 15.4 Å². The Kier molecular flexibility index (Phi) is 13.3. The molecule has 1 aromatic rings. The number of Topliss-reactive ketones (excluding diaryl/α,β-unsaturated/α-hetero) is 1. The van der Waals surface area contributed by atoms with Crippen molar-refractivity contribution in [2.45, 2.75) is 110 Å². The van der Waals surface area contributed by atoms with Crippen molar-refractivity contribution in [2.75, 3.05) is 0 Å². The molecule has 0 radical (unpaired) electrons. The molecule has 0 unspecified atom stereocenters. The molecule has 0 saturated carbocycles. The summed E-state index contributed by atoms with van der Waals surface area (Å²) in [6.07, 6.45) is 22.3. The fraction of sp³-hybridized carbons (Fsp3) is 0.850. The summed E-state index contributed by atoms with van der Waals surface area (Å²) in [7, 11) is 0. The van der Waals surface area contributed by atoms with Crippen LogP contribution in [0.2, 0.25) is 0 Å². The van der Waals surface area contributed by atoms with E-state index in [0.717, 1.165) is 12.8 Å². The number of nitrogens with zero attached hydrogens (tertiary/aromatic N) is 2. The average Bonchev–Trinajstić information content (AvgIpc) is 3.13. The molecule has 0 atom stereocenters. The van der Waals surface area contributed by atoms with Gasteiger partial charge in [-0.25, -0.2) is 0 Å². The van der Waals surface area contributed by atoms with Gasteiger partial charge in [0.1, 0.15) is 5.69 Å². The Morgan fingerprint density at radius 2 is 1.25 bits per heavy atom. The smallest absolute Gasteiger partial charge is 0.184 e. The predicted molar refractivity (Wildman–Crippen MR) is 100 cm³/mol. The van der Waals surface area contributed by atoms with E-state index in [9.17, 15) is 4.79 Å². The Balaban J connectivity index is 1.74. The lowest BCUT2D eigenvalue weighted by Gasteiger charge is -2.03. The number of H-pyrrole nitrogens is 1. The molecule has 0 aliphatic carbocycles. The van der Waals surface area contributed by atoms with Crippen molar-refractivity contribution in [3.8, 4) is 0 Å². The summed E-state index contributed by atoms with van der Waals surface area (Å²) in [6.45, 7) is 2.28. The molecule has 1 rings (SSSR count). The molecule has 0 saturated heterocycles. The van der Waals surface area contributed by atoms with Gasteiger partial charge in [-0.15, -0.1) is 0 Å². The number of ketones is 1. The number of carbonyl (C=O) groups is 1. The van der Waals surface area contributed by atoms with Gasteiger partial charge in [-0.05, 0) is 6.42 Å². The zero-order chi connectivity index (χ0) is 17.3. The lowest BCUT2D eigenvalue weighted by atomic mass is 10.0. The number of hydrogen-bond donors (Lipinski definition) is 1. The predicted octanol–water partition coefficient (Wildman–Crippen LogP) is 6.25. The highest BCUT2D eigenvalue weighted by Gasteiger charge is 2.07. The Bertz CT molecular complexity index is 390. The molecular weight excluding hydrogens is 298 g/mol. The van der Waals surface area contributed by atoms with Crippen molar-refractivity contribution in [1.82, 2.24) is 15.4 Å². The summed E-state index contributed by atoms with van der Waals surface area (Å²) in [5.74, 6) is 0.110. The molecular formula is C20H37N3O. The van der Waals surface area contributed by atoms with Gasteiger partial charge in [0.15, 0.2) is 5.78 Å². The van der Waals surface area contributed by atoms with Crippen LogP contribution in [0, 0.1) is 0 Å². The standard InChI is InChI=1S/C20H37N3O/c1-2-3-4-5-6-7-8-9-10-11-12-13-14-15-16-17-20(24)19-18-21-23-22-19/h18H,2-17H2,1H3,(H,21,22,23). The Morgan fingerprint density at radius 3 is 1.67 bits per heavy atom. The van der Waals surface area contributed by atoms with E-state index in [-0.39, 0.29) is 5.78 Å². The van der Waals surface area contributed by atoms with E-state index in [0.29, 0.717) is 12.1 Å². The summed E-state index contributed by atoms with van der Waals surface area (Å²) in [5, 5.41) is 9.97. The summed E-state index contributed by atoms with van der Waals surface area (Å²) in [5.41, 5.74) is 0.473. The molecule has 0 spiro atoms. The Hall–Kier alpha value is -1.19. The number of rotatable bonds is 17. The van der Waals surface area contributed by atoms with Crippen LogP contribution in [0.15, 0.2) is 6.20 Å². The molecule has 0 fully saturated rings. The van der Waals surface area contributed by atoms with Crippen molar-refractivity contribution in [3.05, 3.63) is 11.9 Å². The highest BCUT2D eigenvalue weighted by atomic mass is 16.1. The first-order valence-electron chi connectivity index (χ1n) is 10.2. The topological polar surface area (TPSA) is 58.6 Å². The van der Waals surface area contributed by atoms with E-state index in [4.69, 9.17) is 0 Å². The van der Waals surface area contributed by atoms with Crippen LogP contribution in [0.3, 0.4) is 0 Å². The third-order valence-electron chi connectivity index (χ3n) is 4.71. The molecule has 4 nitrogen and oxygen atoms in total. The largest absolute Gasteiger partial charge is 0.292 e. The quantitative estimate of drug-likeness (QED) is 0.270. The lowest BCUT2D eigenvalue weighted by molar-refractivity contribution is 0.0974. The average molecular weight is 336 g/mol. The minimum atomic E-state index is 0.110. The van der Waals surface area contributed by atoms with Gasteiger partial charge in [0, 0.05) is 6.42 Å². The van der Waals surface area contributed by atoms with Gasteiger partial charge >= 0.3 is 0 Å². The monoisotopic (exact) mass is 335 g/mol. The summed E-state index contributed by atoms with van der Waals surface area (Å²) < 4.78 is 0. The highest BCUT2D eigenvalue weighted by molar-refractivity contribution is 5.93. The zero-order valence-electron chi connectivity index (χ0n) is 15.7. The maximum Gasteiger partial charge on any atom is 0.184 e. The van der Waals surface area contributed by atoms with Gasteiger partial charge in [-0.1, -0.05) is 96.8 Å². The second-order valence-electron chi connectivity index (χ2n) is 6.98. The molecule has 0 aliphatic heterocycles. The van der Waals surface area contributed by atoms with Gasteiger partial charge < -0.3 is 0 Å². The third kappa shape index (κ3) is 11.4. The molecule has 0 bridgehead atoms. The number of unbranched alkanes of at least 4 members (excludes halogenated alkanes) is 14. The Morgan fingerprint density at radius 1 is 0.792 bits per heavy atom. The second kappa shape index (κ2) is 15.3. The SMILES string of the molecule is CCCCCCCCCCCCCCCCCC(=O)c1cn[nH]n1. The molecule has 1 heterocycles. The summed E-state index contributed by atoms with van der Waals surface area (Å²) in [4.78, 5) is 11.7. The van der Waals surface area contributed by atoms with Crippen LogP contribution in [-0.4, -0.2) is 21.2 Å². The van der Waals surface area contributed by atoms with Crippen LogP contribution >= 0.6 is 0 Å². The van der Waals surface area contributed by atoms with Crippen LogP contribution in [-0.2, 0) is 0 Å². The minimum Gasteiger partial charge on any atom is -0.292 e. The fourth-order valence-electron chi connectivity index (χ4n) is 3.12. The fourth-order valence-corrected chi connectivity index (χ4v) is 3.12. The summed E-state index contributed by atoms with van der Waals surface area (Å²) in [6, 6.07) is 0. The third-order valence-corrected chi connectivity index (χ3v) is 4.71. The van der Waals surface area contributed by atoms with Gasteiger partial charge in [0.2, 0.25) is 0 Å². The number of carbonyl (C=O) groups excluding carboxylic acids is 1. The number of hydrogen-bond acceptors (Lipinski definition) is 3. The van der Waals surface area contributed by atoms with E-state index < -0.39 is 0 Å². The van der Waals surface area contributed by atoms with E-state index in [1.807, 2.05) is 0 Å². The maximum atomic E-state index is 11.7. The molecule has 0 aromatic carbocycles. The van der Waals surface area contributed by atoms with Crippen molar-refractivity contribution in [3.63, 3.8) is 0 Å². The number of aromatic amines is 1. The molecule has 0 aliphatic rings. The molecule has 0 amide bonds. The van der Waals surface area contributed by atoms with Crippen LogP contribution in [0.1, 0.15) is 120 Å². The van der Waals surface area contributed by atoms with E-state index in [1.165, 1.54) is 89.7 Å². The minimum absolute atomic E-state index is 0.110. The van der Waals surface area contributed by atoms with Crippen LogP contribution in [0.4, 0.5) is 0 Å². The molecule has 24 heavy (non-hydrogen) atoms. The van der Waals surface area contributed by atoms with E-state index in [2.05, 4.69) is 22.3 Å². The normalized spacial score (nSPS) is 11.0. The first-order chi connectivity index (χ1) is 11.8. The Labute approximate surface area is 148 Å². The van der Waals surface area contributed by atoms with Crippen LogP contribution in [0.25, 0.3) is 0 Å². The molecule has 1 N–H and O–H groups in total. The molecule has 138 valence electrons. The van der Waals surface area contributed by atoms with Crippen molar-refractivity contribution in [1.29, 1.82) is 0 Å². The maximum absolute atomic E-state index is 11.7. The highest BCUT2D eigenvalue weighted by Crippen LogP contribution is 2.14. The first kappa shape index (κ1) is 20.9. The van der Waals surface area contributed by atoms with Crippen molar-refractivity contribution in [2.24, 2.45) is 0 Å². The van der Waals surface area contributed by atoms with Crippen LogP contribution < -0.4 is 0 Å². The zero-order valence-corrected chi connectivity index (χ0v) is 15.7. The van der Waals surface area contributed by atoms with Gasteiger partial charge in [0.25, 0.3) is 0 Å². The first-order valence-corrected chi connectivity index (χ1v) is 10.2. The van der Waals surface area contributed by atoms with E-state index >= 15 is 0 Å². The number of aromatic nitrogens is 3. The van der Waals surface area contributed by atoms with Crippen molar-refractivity contribution >= 4 is 5.78 Å². The second-order valence-corrected chi connectivity index (χ2v) is 6.98. The lowest BCUT2D eigenvalue weighted by Crippen LogP contribution is -1.99. The van der Waals surface area contributed by atoms with Gasteiger partial charge in [-0.3, -0.25) is 4.79 Å². The summed E-state index contributed by atoms with van der Waals surface area (Å²) >= 11 is 0. The van der Waals surface area contributed by atoms with Gasteiger partial charge in [0.05, 0.1) is 6.20 Å². The molecule has 4 heteroatoms. The van der Waals surface area contributed by atoms with Crippen LogP contribution in [0.5, 0.6) is 0 Å². The van der Waals surface area contributed by atoms with E-state index in [1.54, 1.807) is 0 Å².